The van der Waals surface area contributed by atoms with Crippen LogP contribution < -0.4 is 0 Å². The van der Waals surface area contributed by atoms with Crippen LogP contribution in [0.3, 0.4) is 0 Å². The van der Waals surface area contributed by atoms with E-state index in [1.165, 1.54) is 0 Å². The van der Waals surface area contributed by atoms with Crippen molar-refractivity contribution >= 4 is 0 Å². The van der Waals surface area contributed by atoms with Gasteiger partial charge in [-0.3, -0.25) is 0 Å². The number of rotatable bonds is 9. The molecule has 1 heterocycles. The predicted octanol–water partition coefficient (Wildman–Crippen LogP) is 5.02. The molecule has 1 unspecified atom stereocenters. The monoisotopic (exact) mass is 462 g/mol. The molecule has 0 saturated carbocycles. The lowest BCUT2D eigenvalue weighted by atomic mass is 9.81. The Labute approximate surface area is 201 Å². The number of benzene rings is 3. The molecular formula is C29H34O5. The highest BCUT2D eigenvalue weighted by Crippen LogP contribution is 2.43. The molecule has 0 aliphatic carbocycles. The summed E-state index contributed by atoms with van der Waals surface area (Å²) in [5.41, 5.74) is 2.55. The molecule has 0 radical (unpaired) electrons. The minimum atomic E-state index is -1.98. The van der Waals surface area contributed by atoms with E-state index < -0.39 is 24.1 Å². The summed E-state index contributed by atoms with van der Waals surface area (Å²) in [6, 6.07) is 28.8. The molecule has 5 nitrogen and oxygen atoms in total. The molecule has 1 fully saturated rings. The van der Waals surface area contributed by atoms with E-state index in [1.54, 1.807) is 12.1 Å². The highest BCUT2D eigenvalue weighted by molar-refractivity contribution is 5.21. The van der Waals surface area contributed by atoms with Crippen molar-refractivity contribution in [1.29, 1.82) is 0 Å². The van der Waals surface area contributed by atoms with Crippen LogP contribution in [0, 0.1) is 5.92 Å². The van der Waals surface area contributed by atoms with Gasteiger partial charge in [-0.05, 0) is 23.1 Å². The summed E-state index contributed by atoms with van der Waals surface area (Å²) in [7, 11) is 0. The molecule has 3 aromatic carbocycles. The van der Waals surface area contributed by atoms with Gasteiger partial charge in [0.25, 0.3) is 0 Å². The van der Waals surface area contributed by atoms with Gasteiger partial charge in [-0.15, -0.1) is 0 Å². The molecule has 3 aromatic rings. The molecule has 0 amide bonds. The number of ether oxygens (including phenoxy) is 3. The summed E-state index contributed by atoms with van der Waals surface area (Å²) in [6.07, 6.45) is -2.35. The first-order chi connectivity index (χ1) is 16.5. The molecule has 2 N–H and O–H groups in total. The Balaban J connectivity index is 1.67. The first-order valence-corrected chi connectivity index (χ1v) is 12.0. The van der Waals surface area contributed by atoms with E-state index in [1.807, 2.05) is 85.8 Å². The third-order valence-electron chi connectivity index (χ3n) is 6.62. The Bertz CT molecular complexity index is 997. The maximum absolute atomic E-state index is 11.9. The van der Waals surface area contributed by atoms with E-state index >= 15 is 0 Å². The van der Waals surface area contributed by atoms with Crippen LogP contribution >= 0.6 is 0 Å². The predicted molar refractivity (Wildman–Crippen MR) is 131 cm³/mol. The summed E-state index contributed by atoms with van der Waals surface area (Å²) >= 11 is 0. The van der Waals surface area contributed by atoms with E-state index in [-0.39, 0.29) is 18.6 Å². The number of aliphatic hydroxyl groups excluding tert-OH is 1. The van der Waals surface area contributed by atoms with Gasteiger partial charge in [0.1, 0.15) is 12.2 Å². The summed E-state index contributed by atoms with van der Waals surface area (Å²) < 4.78 is 19.0. The van der Waals surface area contributed by atoms with Crippen LogP contribution in [0.2, 0.25) is 0 Å². The normalized spacial score (nSPS) is 27.9. The summed E-state index contributed by atoms with van der Waals surface area (Å²) in [4.78, 5) is 0. The van der Waals surface area contributed by atoms with Gasteiger partial charge in [-0.25, -0.2) is 0 Å². The van der Waals surface area contributed by atoms with Crippen LogP contribution in [-0.2, 0) is 27.4 Å². The third-order valence-corrected chi connectivity index (χ3v) is 6.62. The second-order valence-electron chi connectivity index (χ2n) is 8.97. The zero-order chi connectivity index (χ0) is 24.0. The maximum atomic E-state index is 11.9. The van der Waals surface area contributed by atoms with Gasteiger partial charge >= 0.3 is 0 Å². The Morgan fingerprint density at radius 1 is 0.824 bits per heavy atom. The molecule has 0 spiro atoms. The molecule has 0 bridgehead atoms. The molecule has 4 rings (SSSR count). The summed E-state index contributed by atoms with van der Waals surface area (Å²) in [5, 5.41) is 23.3. The van der Waals surface area contributed by atoms with Gasteiger partial charge in [-0.1, -0.05) is 105 Å². The fourth-order valence-electron chi connectivity index (χ4n) is 4.67. The van der Waals surface area contributed by atoms with Crippen molar-refractivity contribution in [2.75, 3.05) is 0 Å². The molecule has 1 aliphatic rings. The van der Waals surface area contributed by atoms with Crippen molar-refractivity contribution in [3.63, 3.8) is 0 Å². The van der Waals surface area contributed by atoms with Crippen molar-refractivity contribution in [3.05, 3.63) is 108 Å². The quantitative estimate of drug-likeness (QED) is 0.467. The zero-order valence-electron chi connectivity index (χ0n) is 19.8. The third kappa shape index (κ3) is 5.40. The highest BCUT2D eigenvalue weighted by Gasteiger charge is 2.57. The lowest BCUT2D eigenvalue weighted by Gasteiger charge is -2.51. The summed E-state index contributed by atoms with van der Waals surface area (Å²) in [6.45, 7) is 4.69. The smallest absolute Gasteiger partial charge is 0.226 e. The first-order valence-electron chi connectivity index (χ1n) is 12.0. The Morgan fingerprint density at radius 3 is 1.85 bits per heavy atom. The second-order valence-corrected chi connectivity index (χ2v) is 8.97. The van der Waals surface area contributed by atoms with E-state index in [0.717, 1.165) is 11.1 Å². The minimum Gasteiger partial charge on any atom is -0.383 e. The standard InChI is InChI=1S/C29H34O5/c1-3-25-21(2)26(32-19-22-13-7-4-8-14-22)28(33-20-23-15-9-5-10-16-23)29(31,34-25)27(30)24-17-11-6-12-18-24/h4-18,21,25-28,30-31H,3,19-20H2,1-2H3/t21-,25-,26+,27?,28-,29+/m1/s1. The Hall–Kier alpha value is -2.54. The van der Waals surface area contributed by atoms with Crippen LogP contribution in [-0.4, -0.2) is 34.3 Å². The Kier molecular flexibility index (Phi) is 8.14. The van der Waals surface area contributed by atoms with E-state index in [4.69, 9.17) is 14.2 Å². The SMILES string of the molecule is CC[C@H]1O[C@@](O)(C(O)c2ccccc2)[C@H](OCc2ccccc2)[C@@H](OCc2ccccc2)[C@@H]1C. The molecule has 1 aliphatic heterocycles. The van der Waals surface area contributed by atoms with Crippen LogP contribution in [0.15, 0.2) is 91.0 Å². The molecular weight excluding hydrogens is 428 g/mol. The van der Waals surface area contributed by atoms with Crippen LogP contribution in [0.4, 0.5) is 0 Å². The first kappa shape index (κ1) is 24.6. The topological polar surface area (TPSA) is 68.2 Å². The average Bonchev–Trinajstić information content (AvgIpc) is 2.89. The van der Waals surface area contributed by atoms with E-state index in [9.17, 15) is 10.2 Å². The second kappa shape index (κ2) is 11.3. The molecule has 180 valence electrons. The van der Waals surface area contributed by atoms with Crippen molar-refractivity contribution in [2.24, 2.45) is 5.92 Å². The van der Waals surface area contributed by atoms with Crippen LogP contribution in [0.1, 0.15) is 43.1 Å². The largest absolute Gasteiger partial charge is 0.383 e. The fraction of sp³-hybridized carbons (Fsp3) is 0.379. The zero-order valence-corrected chi connectivity index (χ0v) is 19.8. The minimum absolute atomic E-state index is 0.0577. The molecule has 6 atom stereocenters. The van der Waals surface area contributed by atoms with Gasteiger partial charge in [0.2, 0.25) is 5.79 Å². The van der Waals surface area contributed by atoms with Crippen LogP contribution in [0.5, 0.6) is 0 Å². The number of aliphatic hydroxyl groups is 2. The van der Waals surface area contributed by atoms with Crippen molar-refractivity contribution in [1.82, 2.24) is 0 Å². The van der Waals surface area contributed by atoms with Gasteiger partial charge in [0, 0.05) is 5.92 Å². The van der Waals surface area contributed by atoms with Crippen LogP contribution in [0.25, 0.3) is 0 Å². The molecule has 1 saturated heterocycles. The van der Waals surface area contributed by atoms with Gasteiger partial charge in [-0.2, -0.15) is 0 Å². The lowest BCUT2D eigenvalue weighted by Crippen LogP contribution is -2.65. The maximum Gasteiger partial charge on any atom is 0.226 e. The van der Waals surface area contributed by atoms with E-state index in [0.29, 0.717) is 18.6 Å². The average molecular weight is 463 g/mol. The lowest BCUT2D eigenvalue weighted by molar-refractivity contribution is -0.381. The van der Waals surface area contributed by atoms with Crippen molar-refractivity contribution in [2.45, 2.75) is 63.7 Å². The van der Waals surface area contributed by atoms with Gasteiger partial charge < -0.3 is 24.4 Å². The highest BCUT2D eigenvalue weighted by atomic mass is 16.7. The van der Waals surface area contributed by atoms with E-state index in [2.05, 4.69) is 6.92 Å². The fourth-order valence-corrected chi connectivity index (χ4v) is 4.67. The molecule has 0 aromatic heterocycles. The van der Waals surface area contributed by atoms with Crippen molar-refractivity contribution in [3.8, 4) is 0 Å². The number of hydrogen-bond acceptors (Lipinski definition) is 5. The molecule has 5 heteroatoms. The van der Waals surface area contributed by atoms with Gasteiger partial charge in [0.05, 0.1) is 25.4 Å². The molecule has 34 heavy (non-hydrogen) atoms. The Morgan fingerprint density at radius 2 is 1.32 bits per heavy atom. The number of hydrogen-bond donors (Lipinski definition) is 2. The summed E-state index contributed by atoms with van der Waals surface area (Å²) in [5.74, 6) is -2.04. The van der Waals surface area contributed by atoms with Crippen molar-refractivity contribution < 1.29 is 24.4 Å². The van der Waals surface area contributed by atoms with Gasteiger partial charge in [0.15, 0.2) is 0 Å².